The largest absolute Gasteiger partial charge is 0.509 e. The number of halogens is 1. The first-order chi connectivity index (χ1) is 71.0. The number of furan rings is 2. The second-order valence-electron chi connectivity index (χ2n) is 33.2. The van der Waals surface area contributed by atoms with Crippen molar-refractivity contribution in [3.8, 4) is 33.4 Å². The molecule has 0 spiro atoms. The second kappa shape index (κ2) is 56.7. The van der Waals surface area contributed by atoms with Gasteiger partial charge in [-0.05, 0) is 241 Å². The van der Waals surface area contributed by atoms with Crippen LogP contribution in [0.25, 0.3) is 98.8 Å². The average molecular weight is 2160 g/mol. The van der Waals surface area contributed by atoms with Gasteiger partial charge in [-0.25, -0.2) is 5.26 Å². The third kappa shape index (κ3) is 29.5. The van der Waals surface area contributed by atoms with Crippen molar-refractivity contribution in [2.24, 2.45) is 0 Å². The van der Waals surface area contributed by atoms with Crippen LogP contribution in [0, 0.1) is 0 Å². The number of fused-ring (bicyclic) bond motifs is 8. The van der Waals surface area contributed by atoms with E-state index in [2.05, 4.69) is 482 Å². The molecule has 24 aromatic rings. The summed E-state index contributed by atoms with van der Waals surface area (Å²) < 4.78 is 13.1. The Hall–Kier alpha value is -13.2. The number of benzene rings is 22. The zero-order chi connectivity index (χ0) is 98.8. The Morgan fingerprint density at radius 1 is 0.245 bits per heavy atom. The first-order valence-electron chi connectivity index (χ1n) is 47.1. The predicted octanol–water partition coefficient (Wildman–Crippen LogP) is 26.3. The van der Waals surface area contributed by atoms with E-state index in [9.17, 15) is 10.0 Å². The van der Waals surface area contributed by atoms with Crippen molar-refractivity contribution in [2.45, 2.75) is 0 Å². The van der Waals surface area contributed by atoms with E-state index in [4.69, 9.17) is 30.4 Å². The van der Waals surface area contributed by atoms with E-state index in [1.807, 2.05) is 97.1 Å². The minimum atomic E-state index is -1.45. The first-order valence-corrected chi connectivity index (χ1v) is 53.2. The Morgan fingerprint density at radius 3 is 0.707 bits per heavy atom. The van der Waals surface area contributed by atoms with Crippen LogP contribution in [-0.2, 0) is 30.1 Å². The number of hydrogen-bond acceptors (Lipinski definition) is 9. The Bertz CT molecular complexity index is 7270. The van der Waals surface area contributed by atoms with Crippen LogP contribution < -0.4 is 80.6 Å². The summed E-state index contributed by atoms with van der Waals surface area (Å²) in [5.74, 6) is 0. The SMILES string of the molecule is Nc1ccc(-c2ccc3cc(-c4cccc5oc6ccccc6c45)ccc3c2)cc1.Nc1ccc(Br)cc1.O=[C-]OO.OB(O)c1ccc2cc(-c3cccc4oc5ccccc5c34)ccc2c1.[Na].[Na].[Pd].c1ccc(P(c2ccccc2)c2ccccc2)cc1.c1ccc(P(c2ccccc2)c2ccccc2)cc1.c1ccc(P(c2ccccc2)c2ccccc2)cc1.c1ccc(P(c2ccccc2)c2ccccc2)cc1. The molecule has 712 valence electrons. The van der Waals surface area contributed by atoms with Gasteiger partial charge in [-0.3, -0.25) is 0 Å². The fourth-order valence-electron chi connectivity index (χ4n) is 17.1. The first kappa shape index (κ1) is 110. The van der Waals surface area contributed by atoms with Gasteiger partial charge in [0, 0.05) is 117 Å². The number of nitrogens with two attached hydrogens (primary N) is 2. The summed E-state index contributed by atoms with van der Waals surface area (Å²) >= 11 is 3.29. The molecule has 24 rings (SSSR count). The summed E-state index contributed by atoms with van der Waals surface area (Å²) in [5.41, 5.74) is 23.9. The molecular formula is C129H101BBrN2Na2O7P4Pd-. The van der Waals surface area contributed by atoms with Gasteiger partial charge in [0.1, 0.15) is 22.3 Å². The number of hydrogen-bond donors (Lipinski definition) is 5. The fraction of sp³-hybridized carbons (Fsp3) is 0. The molecule has 2 radical (unpaired) electrons. The molecule has 0 amide bonds. The third-order valence-electron chi connectivity index (χ3n) is 23.8. The van der Waals surface area contributed by atoms with Gasteiger partial charge in [0.15, 0.2) is 0 Å². The van der Waals surface area contributed by atoms with Gasteiger partial charge in [0.2, 0.25) is 0 Å². The summed E-state index contributed by atoms with van der Waals surface area (Å²) in [4.78, 5) is 11.3. The molecule has 18 heteroatoms. The minimum Gasteiger partial charge on any atom is -0.509 e. The van der Waals surface area contributed by atoms with Crippen LogP contribution in [0.1, 0.15) is 0 Å². The Labute approximate surface area is 930 Å². The molecule has 0 aliphatic heterocycles. The molecule has 9 nitrogen and oxygen atoms in total. The van der Waals surface area contributed by atoms with Crippen LogP contribution in [0.15, 0.2) is 584 Å². The number of anilines is 2. The zero-order valence-corrected chi connectivity index (χ0v) is 91.7. The maximum atomic E-state index is 9.36. The summed E-state index contributed by atoms with van der Waals surface area (Å²) in [6.07, 6.45) is 0. The molecule has 0 saturated carbocycles. The normalized spacial score (nSPS) is 10.5. The van der Waals surface area contributed by atoms with E-state index in [-0.39, 0.29) is 79.5 Å². The maximum absolute atomic E-state index is 9.36. The van der Waals surface area contributed by atoms with E-state index in [0.717, 1.165) is 82.7 Å². The minimum absolute atomic E-state index is 0. The van der Waals surface area contributed by atoms with Gasteiger partial charge in [0.25, 0.3) is 0 Å². The molecule has 0 aliphatic carbocycles. The molecule has 0 fully saturated rings. The van der Waals surface area contributed by atoms with Gasteiger partial charge < -0.3 is 40.0 Å². The van der Waals surface area contributed by atoms with E-state index in [0.29, 0.717) is 5.46 Å². The van der Waals surface area contributed by atoms with Crippen molar-refractivity contribution >= 4 is 266 Å². The van der Waals surface area contributed by atoms with Crippen molar-refractivity contribution in [3.63, 3.8) is 0 Å². The molecule has 7 N–H and O–H groups in total. The molecule has 0 aliphatic rings. The molecule has 0 atom stereocenters. The van der Waals surface area contributed by atoms with Crippen LogP contribution in [0.3, 0.4) is 0 Å². The monoisotopic (exact) mass is 2160 g/mol. The standard InChI is InChI=1S/C28H19NO.C22H15BO3.4C18H15P.C6H6BrN.CHO3.2Na.Pd/c29-23-14-12-18(13-15-23)19-8-9-21-17-22(11-10-20(21)16-19)24-5-3-7-27-28(24)25-4-1-2-6-26(25)30-27;24-23(25)17-11-10-14-12-16(9-8-15(14)13-17)18-5-3-7-21-22(18)19-4-1-2-6-20(19)26-21;4*1-4-10-16(11-5-1)19(17-12-6-2-7-13-17)18-14-8-3-9-15-18;7-5-1-3-6(8)4-2-5;2-1-4-3;;;/h1-17H,29H2;1-13,24-25H;4*1-15H;1-4H,8H2;3H;;;/q;;;;;;;-1;;;. The Balaban J connectivity index is 0.000000137. The maximum Gasteiger partial charge on any atom is 0.488 e. The number of carbonyl (C=O) groups excluding carboxylic acids is 1. The number of para-hydroxylation sites is 2. The summed E-state index contributed by atoms with van der Waals surface area (Å²) in [6.45, 7) is 0.736. The molecule has 0 unspecified atom stereocenters. The van der Waals surface area contributed by atoms with Gasteiger partial charge in [-0.2, -0.15) is 0 Å². The fourth-order valence-corrected chi connectivity index (χ4v) is 26.6. The van der Waals surface area contributed by atoms with Crippen molar-refractivity contribution in [3.05, 3.63) is 575 Å². The van der Waals surface area contributed by atoms with Crippen LogP contribution in [0.4, 0.5) is 11.4 Å². The van der Waals surface area contributed by atoms with Crippen molar-refractivity contribution in [2.75, 3.05) is 11.5 Å². The van der Waals surface area contributed by atoms with Crippen LogP contribution in [0.2, 0.25) is 0 Å². The van der Waals surface area contributed by atoms with E-state index in [1.165, 1.54) is 102 Å². The second-order valence-corrected chi connectivity index (χ2v) is 43.0. The van der Waals surface area contributed by atoms with Crippen molar-refractivity contribution in [1.29, 1.82) is 0 Å². The predicted molar refractivity (Wildman–Crippen MR) is 633 cm³/mol. The molecule has 2 aromatic heterocycles. The number of rotatable bonds is 17. The zero-order valence-electron chi connectivity index (χ0n) is 81.0. The Morgan fingerprint density at radius 2 is 0.456 bits per heavy atom. The summed E-state index contributed by atoms with van der Waals surface area (Å²) in [6, 6.07) is 198. The van der Waals surface area contributed by atoms with Crippen LogP contribution >= 0.6 is 47.6 Å². The average Bonchev–Trinajstić information content (AvgIpc) is 1.60. The molecular weight excluding hydrogens is 2060 g/mol. The molecule has 0 bridgehead atoms. The van der Waals surface area contributed by atoms with Crippen LogP contribution in [-0.4, -0.2) is 88.0 Å². The van der Waals surface area contributed by atoms with Crippen molar-refractivity contribution < 1.29 is 54.2 Å². The molecule has 0 saturated heterocycles. The third-order valence-corrected chi connectivity index (χ3v) is 34.1. The topological polar surface area (TPSA) is 165 Å². The molecule has 147 heavy (non-hydrogen) atoms. The molecule has 2 heterocycles. The summed E-state index contributed by atoms with van der Waals surface area (Å²) in [5, 5.41) is 51.5. The number of nitrogen functional groups attached to an aromatic ring is 2. The van der Waals surface area contributed by atoms with Crippen molar-refractivity contribution in [1.82, 2.24) is 0 Å². The van der Waals surface area contributed by atoms with E-state index >= 15 is 0 Å². The van der Waals surface area contributed by atoms with Gasteiger partial charge in [-0.1, -0.05) is 507 Å². The smallest absolute Gasteiger partial charge is 0.488 e. The quantitative estimate of drug-likeness (QED) is 0.0149. The van der Waals surface area contributed by atoms with E-state index < -0.39 is 38.8 Å². The van der Waals surface area contributed by atoms with Gasteiger partial charge >= 0.3 is 7.12 Å². The van der Waals surface area contributed by atoms with E-state index in [1.54, 1.807) is 12.1 Å². The Kier molecular flexibility index (Phi) is 42.2. The van der Waals surface area contributed by atoms with Gasteiger partial charge in [-0.15, -0.1) is 0 Å². The van der Waals surface area contributed by atoms with Crippen LogP contribution in [0.5, 0.6) is 0 Å². The van der Waals surface area contributed by atoms with Gasteiger partial charge in [0.05, 0.1) is 0 Å². The summed E-state index contributed by atoms with van der Waals surface area (Å²) in [7, 11) is -3.24. The molecule has 22 aromatic carbocycles.